The molecule has 0 saturated carbocycles. The van der Waals surface area contributed by atoms with E-state index in [1.165, 1.54) is 36.8 Å². The van der Waals surface area contributed by atoms with Gasteiger partial charge in [0.25, 0.3) is 0 Å². The molecule has 1 aliphatic carbocycles. The predicted octanol–water partition coefficient (Wildman–Crippen LogP) is 3.74. The summed E-state index contributed by atoms with van der Waals surface area (Å²) >= 11 is 0. The third-order valence-electron chi connectivity index (χ3n) is 3.86. The third kappa shape index (κ3) is 2.26. The number of aryl methyl sites for hydroxylation is 2. The number of nitrogen functional groups attached to an aromatic ring is 1. The number of benzene rings is 2. The summed E-state index contributed by atoms with van der Waals surface area (Å²) in [6.07, 6.45) is 6.12. The molecule has 18 heavy (non-hydrogen) atoms. The van der Waals surface area contributed by atoms with Crippen molar-refractivity contribution in [3.8, 4) is 0 Å². The third-order valence-corrected chi connectivity index (χ3v) is 3.86. The normalized spacial score (nSPS) is 14.2. The second kappa shape index (κ2) is 4.85. The molecule has 0 fully saturated rings. The zero-order valence-corrected chi connectivity index (χ0v) is 10.7. The summed E-state index contributed by atoms with van der Waals surface area (Å²) in [6, 6.07) is 15.1. The lowest BCUT2D eigenvalue weighted by molar-refractivity contribution is 0.684. The van der Waals surface area contributed by atoms with Crippen LogP contribution in [0.2, 0.25) is 0 Å². The van der Waals surface area contributed by atoms with E-state index in [0.29, 0.717) is 0 Å². The van der Waals surface area contributed by atoms with Crippen LogP contribution in [0.3, 0.4) is 0 Å². The van der Waals surface area contributed by atoms with Crippen LogP contribution < -0.4 is 5.73 Å². The summed E-state index contributed by atoms with van der Waals surface area (Å²) in [6.45, 7) is 0. The highest BCUT2D eigenvalue weighted by atomic mass is 14.6. The molecule has 0 unspecified atom stereocenters. The zero-order chi connectivity index (χ0) is 12.4. The fourth-order valence-electron chi connectivity index (χ4n) is 2.81. The van der Waals surface area contributed by atoms with Gasteiger partial charge >= 0.3 is 0 Å². The Kier molecular flexibility index (Phi) is 3.06. The van der Waals surface area contributed by atoms with Crippen LogP contribution in [-0.2, 0) is 19.3 Å². The molecule has 0 bridgehead atoms. The van der Waals surface area contributed by atoms with Gasteiger partial charge in [0.2, 0.25) is 0 Å². The van der Waals surface area contributed by atoms with Crippen LogP contribution in [0.5, 0.6) is 0 Å². The highest BCUT2D eigenvalue weighted by Crippen LogP contribution is 2.24. The zero-order valence-electron chi connectivity index (χ0n) is 10.7. The summed E-state index contributed by atoms with van der Waals surface area (Å²) in [5, 5.41) is 0. The molecule has 0 aliphatic heterocycles. The Balaban J connectivity index is 1.87. The smallest absolute Gasteiger partial charge is 0.0349 e. The maximum absolute atomic E-state index is 6.01. The molecule has 0 heterocycles. The van der Waals surface area contributed by atoms with Gasteiger partial charge in [-0.25, -0.2) is 0 Å². The maximum Gasteiger partial charge on any atom is 0.0349 e. The minimum absolute atomic E-state index is 0.898. The molecule has 0 radical (unpaired) electrons. The first-order valence-electron chi connectivity index (χ1n) is 6.77. The lowest BCUT2D eigenvalue weighted by Crippen LogP contribution is -2.03. The van der Waals surface area contributed by atoms with E-state index >= 15 is 0 Å². The Morgan fingerprint density at radius 1 is 0.889 bits per heavy atom. The molecule has 3 rings (SSSR count). The maximum atomic E-state index is 6.01. The molecule has 92 valence electrons. The molecule has 2 aromatic carbocycles. The van der Waals surface area contributed by atoms with Crippen molar-refractivity contribution in [2.24, 2.45) is 0 Å². The van der Waals surface area contributed by atoms with Crippen LogP contribution >= 0.6 is 0 Å². The lowest BCUT2D eigenvalue weighted by atomic mass is 9.89. The largest absolute Gasteiger partial charge is 0.398 e. The second-order valence-corrected chi connectivity index (χ2v) is 5.19. The first kappa shape index (κ1) is 11.3. The van der Waals surface area contributed by atoms with Crippen molar-refractivity contribution < 1.29 is 0 Å². The lowest BCUT2D eigenvalue weighted by Gasteiger charge is -2.16. The predicted molar refractivity (Wildman–Crippen MR) is 76.7 cm³/mol. The van der Waals surface area contributed by atoms with Crippen LogP contribution in [0.4, 0.5) is 5.69 Å². The monoisotopic (exact) mass is 237 g/mol. The van der Waals surface area contributed by atoms with Crippen molar-refractivity contribution in [2.45, 2.75) is 32.1 Å². The van der Waals surface area contributed by atoms with Gasteiger partial charge in [-0.15, -0.1) is 0 Å². The second-order valence-electron chi connectivity index (χ2n) is 5.19. The highest BCUT2D eigenvalue weighted by Gasteiger charge is 2.09. The van der Waals surface area contributed by atoms with Gasteiger partial charge in [-0.05, 0) is 60.4 Å². The molecule has 2 aromatic rings. The Labute approximate surface area is 109 Å². The molecule has 1 heteroatoms. The molecule has 1 nitrogen and oxygen atoms in total. The van der Waals surface area contributed by atoms with Crippen molar-refractivity contribution in [1.82, 2.24) is 0 Å². The summed E-state index contributed by atoms with van der Waals surface area (Å²) in [5.41, 5.74) is 12.6. The average molecular weight is 237 g/mol. The Hall–Kier alpha value is -1.76. The average Bonchev–Trinajstić information content (AvgIpc) is 2.41. The molecule has 0 atom stereocenters. The molecular weight excluding hydrogens is 218 g/mol. The van der Waals surface area contributed by atoms with Gasteiger partial charge in [0.15, 0.2) is 0 Å². The molecule has 0 spiro atoms. The van der Waals surface area contributed by atoms with Gasteiger partial charge in [-0.3, -0.25) is 0 Å². The van der Waals surface area contributed by atoms with Crippen LogP contribution in [0.1, 0.15) is 35.1 Å². The number of para-hydroxylation sites is 1. The van der Waals surface area contributed by atoms with Gasteiger partial charge < -0.3 is 5.73 Å². The fraction of sp³-hybridized carbons (Fsp3) is 0.294. The van der Waals surface area contributed by atoms with Gasteiger partial charge in [0.1, 0.15) is 0 Å². The van der Waals surface area contributed by atoms with Crippen molar-refractivity contribution in [3.05, 3.63) is 64.7 Å². The summed E-state index contributed by atoms with van der Waals surface area (Å²) in [5.74, 6) is 0. The fourth-order valence-corrected chi connectivity index (χ4v) is 2.81. The van der Waals surface area contributed by atoms with E-state index in [0.717, 1.165) is 12.1 Å². The van der Waals surface area contributed by atoms with Crippen molar-refractivity contribution in [2.75, 3.05) is 5.73 Å². The van der Waals surface area contributed by atoms with E-state index in [-0.39, 0.29) is 0 Å². The van der Waals surface area contributed by atoms with E-state index in [2.05, 4.69) is 30.3 Å². The highest BCUT2D eigenvalue weighted by molar-refractivity contribution is 5.49. The van der Waals surface area contributed by atoms with E-state index in [1.54, 1.807) is 11.1 Å². The number of anilines is 1. The van der Waals surface area contributed by atoms with E-state index < -0.39 is 0 Å². The van der Waals surface area contributed by atoms with Gasteiger partial charge in [0, 0.05) is 5.69 Å². The Morgan fingerprint density at radius 3 is 2.50 bits per heavy atom. The quantitative estimate of drug-likeness (QED) is 0.791. The van der Waals surface area contributed by atoms with Gasteiger partial charge in [-0.1, -0.05) is 36.4 Å². The summed E-state index contributed by atoms with van der Waals surface area (Å²) < 4.78 is 0. The molecule has 1 aliphatic rings. The first-order chi connectivity index (χ1) is 8.83. The van der Waals surface area contributed by atoms with Crippen LogP contribution in [-0.4, -0.2) is 0 Å². The van der Waals surface area contributed by atoms with Crippen LogP contribution in [0, 0.1) is 0 Å². The molecule has 0 aromatic heterocycles. The number of fused-ring (bicyclic) bond motifs is 1. The number of nitrogens with two attached hydrogens (primary N) is 1. The Bertz CT molecular complexity index is 557. The van der Waals surface area contributed by atoms with E-state index in [1.807, 2.05) is 12.1 Å². The standard InChI is InChI=1S/C17H19N/c18-17-8-4-3-7-16(17)12-13-9-10-14-5-1-2-6-15(14)11-13/h3-4,7-11H,1-2,5-6,12,18H2. The molecule has 0 saturated heterocycles. The molecule has 2 N–H and O–H groups in total. The van der Waals surface area contributed by atoms with Crippen molar-refractivity contribution >= 4 is 5.69 Å². The van der Waals surface area contributed by atoms with Crippen molar-refractivity contribution in [1.29, 1.82) is 0 Å². The van der Waals surface area contributed by atoms with Crippen LogP contribution in [0.15, 0.2) is 42.5 Å². The van der Waals surface area contributed by atoms with Crippen LogP contribution in [0.25, 0.3) is 0 Å². The minimum Gasteiger partial charge on any atom is -0.398 e. The molecular formula is C17H19N. The van der Waals surface area contributed by atoms with E-state index in [4.69, 9.17) is 5.73 Å². The van der Waals surface area contributed by atoms with Gasteiger partial charge in [-0.2, -0.15) is 0 Å². The number of rotatable bonds is 2. The Morgan fingerprint density at radius 2 is 1.67 bits per heavy atom. The van der Waals surface area contributed by atoms with E-state index in [9.17, 15) is 0 Å². The van der Waals surface area contributed by atoms with Crippen molar-refractivity contribution in [3.63, 3.8) is 0 Å². The van der Waals surface area contributed by atoms with Gasteiger partial charge in [0.05, 0.1) is 0 Å². The minimum atomic E-state index is 0.898. The number of hydrogen-bond acceptors (Lipinski definition) is 1. The number of hydrogen-bond donors (Lipinski definition) is 1. The first-order valence-corrected chi connectivity index (χ1v) is 6.77. The molecule has 0 amide bonds. The summed E-state index contributed by atoms with van der Waals surface area (Å²) in [7, 11) is 0. The summed E-state index contributed by atoms with van der Waals surface area (Å²) in [4.78, 5) is 0. The SMILES string of the molecule is Nc1ccccc1Cc1ccc2c(c1)CCCC2. The topological polar surface area (TPSA) is 26.0 Å².